The van der Waals surface area contributed by atoms with Crippen LogP contribution in [0.15, 0.2) is 35.7 Å². The van der Waals surface area contributed by atoms with Crippen LogP contribution < -0.4 is 21.5 Å². The fourth-order valence-corrected chi connectivity index (χ4v) is 2.90. The Kier molecular flexibility index (Phi) is 7.42. The molecule has 6 heteroatoms. The minimum absolute atomic E-state index is 0.429. The van der Waals surface area contributed by atoms with Crippen molar-refractivity contribution in [3.63, 3.8) is 0 Å². The maximum atomic E-state index is 11.4. The summed E-state index contributed by atoms with van der Waals surface area (Å²) in [5, 5.41) is 4.81. The van der Waals surface area contributed by atoms with Gasteiger partial charge in [0, 0.05) is 11.9 Å². The molecule has 2 rings (SSSR count). The van der Waals surface area contributed by atoms with Crippen molar-refractivity contribution in [2.45, 2.75) is 27.3 Å². The third-order valence-corrected chi connectivity index (χ3v) is 3.83. The number of carbonyl (C=O) groups excluding carboxylic acids is 1. The molecule has 1 aromatic heterocycles. The number of nitrogens with zero attached hydrogens (tertiary/aromatic N) is 1. The Morgan fingerprint density at radius 1 is 1.27 bits per heavy atom. The number of carbonyl (C=O) groups is 1. The third kappa shape index (κ3) is 4.75. The Labute approximate surface area is 136 Å². The van der Waals surface area contributed by atoms with Crippen molar-refractivity contribution in [3.05, 3.63) is 46.2 Å². The molecule has 120 valence electrons. The molecule has 0 bridgehead atoms. The molecule has 0 fully saturated rings. The average Bonchev–Trinajstić information content (AvgIpc) is 3.02. The molecule has 2 amide bonds. The van der Waals surface area contributed by atoms with Gasteiger partial charge in [-0.2, -0.15) is 0 Å². The van der Waals surface area contributed by atoms with Crippen LogP contribution >= 0.6 is 11.3 Å². The van der Waals surface area contributed by atoms with Crippen molar-refractivity contribution < 1.29 is 4.79 Å². The normalized spacial score (nSPS) is 9.50. The molecule has 1 aromatic carbocycles. The first-order chi connectivity index (χ1) is 10.6. The van der Waals surface area contributed by atoms with Gasteiger partial charge >= 0.3 is 6.03 Å². The Morgan fingerprint density at radius 3 is 2.59 bits per heavy atom. The molecule has 0 aliphatic carbocycles. The molecule has 0 aliphatic heterocycles. The second kappa shape index (κ2) is 9.07. The first-order valence-corrected chi connectivity index (χ1v) is 8.10. The zero-order valence-corrected chi connectivity index (χ0v) is 14.3. The molecular formula is C16H24N4OS. The van der Waals surface area contributed by atoms with Gasteiger partial charge in [-0.1, -0.05) is 32.0 Å². The van der Waals surface area contributed by atoms with Crippen molar-refractivity contribution in [2.24, 2.45) is 5.84 Å². The number of hydrogen-bond donors (Lipinski definition) is 3. The SMILES string of the molecule is CC.Cc1cccc(NC(=O)NN)c1N(C)Cc1cccs1. The average molecular weight is 320 g/mol. The molecular weight excluding hydrogens is 296 g/mol. The Morgan fingerprint density at radius 2 is 2.00 bits per heavy atom. The second-order valence-corrected chi connectivity index (χ2v) is 5.54. The van der Waals surface area contributed by atoms with Gasteiger partial charge in [-0.05, 0) is 30.0 Å². The Hall–Kier alpha value is -2.05. The number of anilines is 2. The van der Waals surface area contributed by atoms with Gasteiger partial charge in [0.2, 0.25) is 0 Å². The topological polar surface area (TPSA) is 70.4 Å². The molecule has 0 atom stereocenters. The van der Waals surface area contributed by atoms with Crippen molar-refractivity contribution in [1.82, 2.24) is 5.43 Å². The van der Waals surface area contributed by atoms with Gasteiger partial charge in [0.1, 0.15) is 0 Å². The van der Waals surface area contributed by atoms with Crippen LogP contribution in [-0.2, 0) is 6.54 Å². The van der Waals surface area contributed by atoms with Crippen LogP contribution in [0, 0.1) is 6.92 Å². The van der Waals surface area contributed by atoms with Gasteiger partial charge in [0.25, 0.3) is 0 Å². The Balaban J connectivity index is 0.00000116. The number of hydrogen-bond acceptors (Lipinski definition) is 4. The van der Waals surface area contributed by atoms with Gasteiger partial charge < -0.3 is 10.2 Å². The van der Waals surface area contributed by atoms with Crippen LogP contribution in [0.1, 0.15) is 24.3 Å². The minimum Gasteiger partial charge on any atom is -0.368 e. The molecule has 2 aromatic rings. The first-order valence-electron chi connectivity index (χ1n) is 7.22. The fraction of sp³-hybridized carbons (Fsp3) is 0.312. The smallest absolute Gasteiger partial charge is 0.333 e. The van der Waals surface area contributed by atoms with Crippen molar-refractivity contribution >= 4 is 28.7 Å². The van der Waals surface area contributed by atoms with E-state index in [1.54, 1.807) is 11.3 Å². The predicted molar refractivity (Wildman–Crippen MR) is 95.3 cm³/mol. The lowest BCUT2D eigenvalue weighted by Gasteiger charge is -2.24. The number of aryl methyl sites for hydroxylation is 1. The number of benzene rings is 1. The van der Waals surface area contributed by atoms with Gasteiger partial charge in [-0.3, -0.25) is 5.43 Å². The summed E-state index contributed by atoms with van der Waals surface area (Å²) in [5.41, 5.74) is 4.91. The van der Waals surface area contributed by atoms with Gasteiger partial charge in [-0.25, -0.2) is 10.6 Å². The van der Waals surface area contributed by atoms with Crippen molar-refractivity contribution in [2.75, 3.05) is 17.3 Å². The van der Waals surface area contributed by atoms with E-state index >= 15 is 0 Å². The highest BCUT2D eigenvalue weighted by Gasteiger charge is 2.13. The standard InChI is InChI=1S/C14H18N4OS.C2H6/c1-10-5-3-7-12(16-14(19)17-15)13(10)18(2)9-11-6-4-8-20-11;1-2/h3-8H,9,15H2,1-2H3,(H2,16,17,19);1-2H3. The largest absolute Gasteiger partial charge is 0.368 e. The molecule has 1 heterocycles. The second-order valence-electron chi connectivity index (χ2n) is 4.50. The maximum absolute atomic E-state index is 11.4. The number of nitrogens with two attached hydrogens (primary N) is 1. The van der Waals surface area contributed by atoms with E-state index in [0.717, 1.165) is 23.5 Å². The van der Waals surface area contributed by atoms with Crippen molar-refractivity contribution in [1.29, 1.82) is 0 Å². The number of hydrazine groups is 1. The zero-order valence-electron chi connectivity index (χ0n) is 13.5. The summed E-state index contributed by atoms with van der Waals surface area (Å²) in [6, 6.07) is 9.49. The number of amides is 2. The summed E-state index contributed by atoms with van der Waals surface area (Å²) in [7, 11) is 2.01. The molecule has 0 saturated carbocycles. The molecule has 4 N–H and O–H groups in total. The van der Waals surface area contributed by atoms with E-state index in [2.05, 4.69) is 27.1 Å². The summed E-state index contributed by atoms with van der Waals surface area (Å²) >= 11 is 1.71. The third-order valence-electron chi connectivity index (χ3n) is 2.97. The van der Waals surface area contributed by atoms with Crippen LogP contribution in [0.2, 0.25) is 0 Å². The fourth-order valence-electron chi connectivity index (χ4n) is 2.14. The van der Waals surface area contributed by atoms with Crippen LogP contribution in [0.4, 0.5) is 16.2 Å². The maximum Gasteiger partial charge on any atom is 0.333 e. The number of thiophene rings is 1. The number of para-hydroxylation sites is 1. The monoisotopic (exact) mass is 320 g/mol. The number of urea groups is 1. The lowest BCUT2D eigenvalue weighted by atomic mass is 10.1. The van der Waals surface area contributed by atoms with Gasteiger partial charge in [0.05, 0.1) is 17.9 Å². The van der Waals surface area contributed by atoms with Crippen LogP contribution in [0.25, 0.3) is 0 Å². The lowest BCUT2D eigenvalue weighted by Crippen LogP contribution is -2.35. The molecule has 22 heavy (non-hydrogen) atoms. The highest BCUT2D eigenvalue weighted by molar-refractivity contribution is 7.09. The van der Waals surface area contributed by atoms with E-state index in [-0.39, 0.29) is 0 Å². The Bertz CT molecular complexity index is 584. The van der Waals surface area contributed by atoms with Crippen LogP contribution in [0.3, 0.4) is 0 Å². The number of rotatable bonds is 4. The van der Waals surface area contributed by atoms with E-state index in [9.17, 15) is 4.79 Å². The van der Waals surface area contributed by atoms with E-state index in [1.807, 2.05) is 52.1 Å². The van der Waals surface area contributed by atoms with Gasteiger partial charge in [-0.15, -0.1) is 11.3 Å². The van der Waals surface area contributed by atoms with Crippen LogP contribution in [-0.4, -0.2) is 13.1 Å². The lowest BCUT2D eigenvalue weighted by molar-refractivity contribution is 0.252. The first kappa shape index (κ1) is 18.0. The predicted octanol–water partition coefficient (Wildman–Crippen LogP) is 3.71. The zero-order chi connectivity index (χ0) is 16.5. The van der Waals surface area contributed by atoms with Crippen molar-refractivity contribution in [3.8, 4) is 0 Å². The molecule has 0 radical (unpaired) electrons. The van der Waals surface area contributed by atoms with E-state index in [1.165, 1.54) is 4.88 Å². The highest BCUT2D eigenvalue weighted by Crippen LogP contribution is 2.30. The van der Waals surface area contributed by atoms with Gasteiger partial charge in [0.15, 0.2) is 0 Å². The van der Waals surface area contributed by atoms with E-state index in [4.69, 9.17) is 5.84 Å². The summed E-state index contributed by atoms with van der Waals surface area (Å²) < 4.78 is 0. The summed E-state index contributed by atoms with van der Waals surface area (Å²) in [6.07, 6.45) is 0. The summed E-state index contributed by atoms with van der Waals surface area (Å²) in [6.45, 7) is 6.81. The molecule has 0 unspecified atom stereocenters. The minimum atomic E-state index is -0.429. The molecule has 0 saturated heterocycles. The van der Waals surface area contributed by atoms with E-state index in [0.29, 0.717) is 0 Å². The highest BCUT2D eigenvalue weighted by atomic mass is 32.1. The number of nitrogens with one attached hydrogen (secondary N) is 2. The van der Waals surface area contributed by atoms with E-state index < -0.39 is 6.03 Å². The molecule has 5 nitrogen and oxygen atoms in total. The quantitative estimate of drug-likeness (QED) is 0.457. The molecule has 0 aliphatic rings. The van der Waals surface area contributed by atoms with Crippen LogP contribution in [0.5, 0.6) is 0 Å². The summed E-state index contributed by atoms with van der Waals surface area (Å²) in [4.78, 5) is 14.8. The molecule has 0 spiro atoms. The summed E-state index contributed by atoms with van der Waals surface area (Å²) in [5.74, 6) is 5.12.